The van der Waals surface area contributed by atoms with Gasteiger partial charge in [0.1, 0.15) is 0 Å². The predicted octanol–water partition coefficient (Wildman–Crippen LogP) is 4.52. The smallest absolute Gasteiger partial charge is 0.287 e. The molecule has 0 bridgehead atoms. The van der Waals surface area contributed by atoms with Gasteiger partial charge in [0, 0.05) is 12.0 Å². The van der Waals surface area contributed by atoms with Gasteiger partial charge in [0.25, 0.3) is 0 Å². The minimum atomic E-state index is -4.52. The molecule has 2 aromatic rings. The van der Waals surface area contributed by atoms with Crippen molar-refractivity contribution < 1.29 is 18.0 Å². The van der Waals surface area contributed by atoms with Crippen LogP contribution in [0.3, 0.4) is 0 Å². The fraction of sp³-hybridized carbons (Fsp3) is 0.421. The Bertz CT molecular complexity index is 814. The molecule has 134 valence electrons. The second-order valence-electron chi connectivity index (χ2n) is 7.09. The number of amides is 1. The fourth-order valence-corrected chi connectivity index (χ4v) is 3.50. The maximum absolute atomic E-state index is 14.0. The second kappa shape index (κ2) is 6.02. The highest BCUT2D eigenvalue weighted by atomic mass is 19.4. The van der Waals surface area contributed by atoms with Crippen LogP contribution in [0.1, 0.15) is 44.4 Å². The Balaban J connectivity index is 2.18. The first-order valence-corrected chi connectivity index (χ1v) is 8.30. The van der Waals surface area contributed by atoms with Crippen LogP contribution in [0, 0.1) is 0 Å². The van der Waals surface area contributed by atoms with Crippen LogP contribution in [0.4, 0.5) is 13.2 Å². The van der Waals surface area contributed by atoms with Crippen LogP contribution in [0.15, 0.2) is 36.4 Å². The van der Waals surface area contributed by atoms with E-state index < -0.39 is 23.7 Å². The van der Waals surface area contributed by atoms with Crippen LogP contribution in [-0.4, -0.2) is 22.6 Å². The zero-order valence-electron chi connectivity index (χ0n) is 14.4. The highest BCUT2D eigenvalue weighted by molar-refractivity contribution is 5.87. The molecule has 3 rings (SSSR count). The van der Waals surface area contributed by atoms with E-state index >= 15 is 0 Å². The molecule has 6 heteroatoms. The van der Waals surface area contributed by atoms with Crippen molar-refractivity contribution in [2.24, 2.45) is 0 Å². The van der Waals surface area contributed by atoms with Crippen molar-refractivity contribution in [1.82, 2.24) is 10.4 Å². The Morgan fingerprint density at radius 1 is 1.24 bits per heavy atom. The third-order valence-electron chi connectivity index (χ3n) is 4.74. The normalized spacial score (nSPS) is 19.2. The van der Waals surface area contributed by atoms with E-state index in [1.54, 1.807) is 26.0 Å². The highest BCUT2D eigenvalue weighted by Gasteiger charge is 2.53. The molecule has 1 saturated heterocycles. The standard InChI is InChI=1S/C19H21F3N2O/c1-4-12-8-9-14-13(10-12)6-5-7-15(14)17(19(20,21)22)24-18(2,3)11-16(25)23-24/h5-10,17H,4,11H2,1-3H3,(H,23,25). The largest absolute Gasteiger partial charge is 0.409 e. The van der Waals surface area contributed by atoms with Gasteiger partial charge in [0.15, 0.2) is 6.04 Å². The van der Waals surface area contributed by atoms with Crippen molar-refractivity contribution in [1.29, 1.82) is 0 Å². The lowest BCUT2D eigenvalue weighted by molar-refractivity contribution is -0.203. The summed E-state index contributed by atoms with van der Waals surface area (Å²) in [5.74, 6) is -0.396. The van der Waals surface area contributed by atoms with Gasteiger partial charge in [-0.25, -0.2) is 0 Å². The molecule has 1 atom stereocenters. The number of rotatable bonds is 3. The number of hydrogen-bond acceptors (Lipinski definition) is 2. The first-order valence-electron chi connectivity index (χ1n) is 8.30. The molecule has 1 aliphatic heterocycles. The van der Waals surface area contributed by atoms with Gasteiger partial charge in [-0.2, -0.15) is 18.2 Å². The van der Waals surface area contributed by atoms with Crippen molar-refractivity contribution in [3.05, 3.63) is 47.5 Å². The molecule has 3 nitrogen and oxygen atoms in total. The number of nitrogens with zero attached hydrogens (tertiary/aromatic N) is 1. The zero-order chi connectivity index (χ0) is 18.4. The van der Waals surface area contributed by atoms with Crippen LogP contribution in [0.2, 0.25) is 0 Å². The number of fused-ring (bicyclic) bond motifs is 1. The van der Waals surface area contributed by atoms with E-state index in [9.17, 15) is 18.0 Å². The molecule has 0 radical (unpaired) electrons. The van der Waals surface area contributed by atoms with Crippen molar-refractivity contribution in [2.45, 2.75) is 51.4 Å². The molecule has 1 unspecified atom stereocenters. The number of halogens is 3. The first kappa shape index (κ1) is 17.7. The minimum absolute atomic E-state index is 0.0321. The molecule has 0 aliphatic carbocycles. The molecule has 25 heavy (non-hydrogen) atoms. The maximum Gasteiger partial charge on any atom is 0.409 e. The summed E-state index contributed by atoms with van der Waals surface area (Å²) in [5.41, 5.74) is 2.71. The SMILES string of the molecule is CCc1ccc2c(C(N3NC(=O)CC3(C)C)C(F)(F)F)cccc2c1. The summed E-state index contributed by atoms with van der Waals surface area (Å²) in [6.45, 7) is 5.29. The number of benzene rings is 2. The molecule has 2 aromatic carbocycles. The minimum Gasteiger partial charge on any atom is -0.287 e. The van der Waals surface area contributed by atoms with Crippen LogP contribution >= 0.6 is 0 Å². The number of carbonyl (C=O) groups is 1. The average Bonchev–Trinajstić information content (AvgIpc) is 2.78. The van der Waals surface area contributed by atoms with Gasteiger partial charge in [-0.1, -0.05) is 43.3 Å². The summed E-state index contributed by atoms with van der Waals surface area (Å²) in [6, 6.07) is 8.57. The van der Waals surface area contributed by atoms with Gasteiger partial charge in [-0.05, 0) is 42.2 Å². The summed E-state index contributed by atoms with van der Waals surface area (Å²) in [7, 11) is 0. The van der Waals surface area contributed by atoms with Gasteiger partial charge < -0.3 is 0 Å². The Hall–Kier alpha value is -2.08. The third-order valence-corrected chi connectivity index (χ3v) is 4.74. The van der Waals surface area contributed by atoms with Gasteiger partial charge in [0.05, 0.1) is 0 Å². The Labute approximate surface area is 144 Å². The molecule has 1 N–H and O–H groups in total. The molecule has 1 aliphatic rings. The van der Waals surface area contributed by atoms with Crippen molar-refractivity contribution in [3.63, 3.8) is 0 Å². The third kappa shape index (κ3) is 3.23. The number of aryl methyl sites for hydroxylation is 1. The first-order chi connectivity index (χ1) is 11.6. The molecule has 0 aromatic heterocycles. The van der Waals surface area contributed by atoms with E-state index in [1.165, 1.54) is 6.07 Å². The summed E-state index contributed by atoms with van der Waals surface area (Å²) < 4.78 is 42.0. The average molecular weight is 350 g/mol. The van der Waals surface area contributed by atoms with E-state index in [-0.39, 0.29) is 12.0 Å². The van der Waals surface area contributed by atoms with E-state index in [0.29, 0.717) is 5.39 Å². The van der Waals surface area contributed by atoms with Crippen LogP contribution in [-0.2, 0) is 11.2 Å². The number of hydrogen-bond donors (Lipinski definition) is 1. The molecule has 1 amide bonds. The van der Waals surface area contributed by atoms with Crippen molar-refractivity contribution in [3.8, 4) is 0 Å². The lowest BCUT2D eigenvalue weighted by atomic mass is 9.93. The summed E-state index contributed by atoms with van der Waals surface area (Å²) in [6.07, 6.45) is -3.67. The van der Waals surface area contributed by atoms with E-state index in [1.807, 2.05) is 25.1 Å². The van der Waals surface area contributed by atoms with Gasteiger partial charge in [0.2, 0.25) is 5.91 Å². The van der Waals surface area contributed by atoms with Gasteiger partial charge in [-0.3, -0.25) is 10.2 Å². The topological polar surface area (TPSA) is 32.3 Å². The van der Waals surface area contributed by atoms with E-state index in [4.69, 9.17) is 0 Å². The molecular weight excluding hydrogens is 329 g/mol. The predicted molar refractivity (Wildman–Crippen MR) is 90.8 cm³/mol. The van der Waals surface area contributed by atoms with Gasteiger partial charge >= 0.3 is 6.18 Å². The van der Waals surface area contributed by atoms with Crippen molar-refractivity contribution in [2.75, 3.05) is 0 Å². The Morgan fingerprint density at radius 3 is 2.52 bits per heavy atom. The van der Waals surface area contributed by atoms with Crippen LogP contribution < -0.4 is 5.43 Å². The number of alkyl halides is 3. The monoisotopic (exact) mass is 350 g/mol. The van der Waals surface area contributed by atoms with Gasteiger partial charge in [-0.15, -0.1) is 0 Å². The van der Waals surface area contributed by atoms with E-state index in [2.05, 4.69) is 5.43 Å². The fourth-order valence-electron chi connectivity index (χ4n) is 3.50. The summed E-state index contributed by atoms with van der Waals surface area (Å²) >= 11 is 0. The Morgan fingerprint density at radius 2 is 1.96 bits per heavy atom. The molecule has 0 saturated carbocycles. The van der Waals surface area contributed by atoms with Crippen molar-refractivity contribution >= 4 is 16.7 Å². The Kier molecular flexibility index (Phi) is 4.27. The lowest BCUT2D eigenvalue weighted by Gasteiger charge is -2.38. The van der Waals surface area contributed by atoms with E-state index in [0.717, 1.165) is 22.4 Å². The number of carbonyl (C=O) groups excluding carboxylic acids is 1. The van der Waals surface area contributed by atoms with Crippen LogP contribution in [0.5, 0.6) is 0 Å². The highest BCUT2D eigenvalue weighted by Crippen LogP contribution is 2.44. The molecule has 0 spiro atoms. The summed E-state index contributed by atoms with van der Waals surface area (Å²) in [5, 5.41) is 2.38. The molecular formula is C19H21F3N2O. The molecule has 1 heterocycles. The number of nitrogens with one attached hydrogen (secondary N) is 1. The second-order valence-corrected chi connectivity index (χ2v) is 7.09. The lowest BCUT2D eigenvalue weighted by Crippen LogP contribution is -2.51. The maximum atomic E-state index is 14.0. The zero-order valence-corrected chi connectivity index (χ0v) is 14.4. The number of hydrazine groups is 1. The summed E-state index contributed by atoms with van der Waals surface area (Å²) in [4.78, 5) is 11.8. The van der Waals surface area contributed by atoms with Crippen LogP contribution in [0.25, 0.3) is 10.8 Å². The quantitative estimate of drug-likeness (QED) is 0.883. The molecule has 1 fully saturated rings.